The lowest BCUT2D eigenvalue weighted by Gasteiger charge is -2.22. The first kappa shape index (κ1) is 14.9. The number of sulfone groups is 1. The minimum Gasteiger partial charge on any atom is -0.327 e. The highest BCUT2D eigenvalue weighted by Crippen LogP contribution is 2.16. The number of rotatable bonds is 6. The van der Waals surface area contributed by atoms with E-state index in [1.807, 2.05) is 27.7 Å². The van der Waals surface area contributed by atoms with Crippen molar-refractivity contribution in [2.75, 3.05) is 5.75 Å². The summed E-state index contributed by atoms with van der Waals surface area (Å²) in [6, 6.07) is -0.235. The van der Waals surface area contributed by atoms with Crippen LogP contribution in [0.25, 0.3) is 0 Å². The molecule has 0 aliphatic heterocycles. The Morgan fingerprint density at radius 2 is 1.60 bits per heavy atom. The van der Waals surface area contributed by atoms with E-state index in [1.165, 1.54) is 0 Å². The highest BCUT2D eigenvalue weighted by atomic mass is 32.2. The van der Waals surface area contributed by atoms with Crippen LogP contribution in [0.1, 0.15) is 41.0 Å². The molecular formula is C11H25NO2S. The quantitative estimate of drug-likeness (QED) is 0.764. The molecule has 2 N–H and O–H groups in total. The van der Waals surface area contributed by atoms with Crippen LogP contribution in [0, 0.1) is 11.8 Å². The van der Waals surface area contributed by atoms with E-state index in [2.05, 4.69) is 0 Å². The number of nitrogens with two attached hydrogens (primary N) is 1. The molecule has 3 atom stereocenters. The minimum absolute atomic E-state index is 0.112. The SMILES string of the molecule is CCC(C)C(N)CS(=O)(=O)C(C)C(C)C. The topological polar surface area (TPSA) is 60.2 Å². The van der Waals surface area contributed by atoms with Gasteiger partial charge in [0.25, 0.3) is 0 Å². The molecule has 0 bridgehead atoms. The standard InChI is InChI=1S/C11H25NO2S/c1-6-9(4)11(12)7-15(13,14)10(5)8(2)3/h8-11H,6-7,12H2,1-5H3. The largest absolute Gasteiger partial charge is 0.327 e. The van der Waals surface area contributed by atoms with Gasteiger partial charge >= 0.3 is 0 Å². The van der Waals surface area contributed by atoms with E-state index in [0.717, 1.165) is 6.42 Å². The third-order valence-corrected chi connectivity index (χ3v) is 5.83. The zero-order valence-electron chi connectivity index (χ0n) is 10.5. The fourth-order valence-corrected chi connectivity index (χ4v) is 3.30. The lowest BCUT2D eigenvalue weighted by atomic mass is 10.0. The van der Waals surface area contributed by atoms with Crippen LogP contribution in [0.2, 0.25) is 0 Å². The van der Waals surface area contributed by atoms with Gasteiger partial charge in [-0.1, -0.05) is 34.1 Å². The smallest absolute Gasteiger partial charge is 0.154 e. The first-order valence-electron chi connectivity index (χ1n) is 5.69. The molecule has 0 aliphatic carbocycles. The fraction of sp³-hybridized carbons (Fsp3) is 1.00. The van der Waals surface area contributed by atoms with Gasteiger partial charge in [-0.25, -0.2) is 8.42 Å². The van der Waals surface area contributed by atoms with Crippen LogP contribution >= 0.6 is 0 Å². The van der Waals surface area contributed by atoms with E-state index in [1.54, 1.807) is 6.92 Å². The predicted octanol–water partition coefficient (Wildman–Crippen LogP) is 1.82. The van der Waals surface area contributed by atoms with Crippen molar-refractivity contribution in [1.29, 1.82) is 0 Å². The summed E-state index contributed by atoms with van der Waals surface area (Å²) < 4.78 is 23.8. The summed E-state index contributed by atoms with van der Waals surface area (Å²) in [4.78, 5) is 0. The molecule has 0 aromatic heterocycles. The second-order valence-corrected chi connectivity index (χ2v) is 7.23. The summed E-state index contributed by atoms with van der Waals surface area (Å²) in [5, 5.41) is -0.299. The Bertz CT molecular complexity index is 272. The zero-order valence-corrected chi connectivity index (χ0v) is 11.3. The highest BCUT2D eigenvalue weighted by molar-refractivity contribution is 7.92. The summed E-state index contributed by atoms with van der Waals surface area (Å²) in [7, 11) is -3.04. The van der Waals surface area contributed by atoms with Crippen molar-refractivity contribution in [2.45, 2.75) is 52.3 Å². The monoisotopic (exact) mass is 235 g/mol. The second-order valence-electron chi connectivity index (χ2n) is 4.83. The van der Waals surface area contributed by atoms with Gasteiger partial charge in [-0.15, -0.1) is 0 Å². The lowest BCUT2D eigenvalue weighted by molar-refractivity contribution is 0.460. The van der Waals surface area contributed by atoms with Crippen molar-refractivity contribution in [3.8, 4) is 0 Å². The van der Waals surface area contributed by atoms with Crippen LogP contribution in [-0.4, -0.2) is 25.5 Å². The molecule has 0 aromatic carbocycles. The van der Waals surface area contributed by atoms with Gasteiger partial charge in [0.05, 0.1) is 11.0 Å². The van der Waals surface area contributed by atoms with Crippen molar-refractivity contribution in [2.24, 2.45) is 17.6 Å². The molecule has 15 heavy (non-hydrogen) atoms. The summed E-state index contributed by atoms with van der Waals surface area (Å²) in [5.41, 5.74) is 5.87. The van der Waals surface area contributed by atoms with Crippen LogP contribution in [0.15, 0.2) is 0 Å². The fourth-order valence-electron chi connectivity index (χ4n) is 1.30. The van der Waals surface area contributed by atoms with Crippen molar-refractivity contribution >= 4 is 9.84 Å². The molecule has 0 saturated carbocycles. The molecule has 0 amide bonds. The van der Waals surface area contributed by atoms with Gasteiger partial charge in [-0.3, -0.25) is 0 Å². The molecule has 3 unspecified atom stereocenters. The van der Waals surface area contributed by atoms with Crippen molar-refractivity contribution in [1.82, 2.24) is 0 Å². The summed E-state index contributed by atoms with van der Waals surface area (Å²) in [5.74, 6) is 0.528. The van der Waals surface area contributed by atoms with Crippen LogP contribution in [0.3, 0.4) is 0 Å². The van der Waals surface area contributed by atoms with E-state index in [9.17, 15) is 8.42 Å². The van der Waals surface area contributed by atoms with Crippen LogP contribution in [0.5, 0.6) is 0 Å². The number of hydrogen-bond donors (Lipinski definition) is 1. The maximum Gasteiger partial charge on any atom is 0.154 e. The molecule has 0 saturated heterocycles. The Labute approximate surface area is 94.4 Å². The van der Waals surface area contributed by atoms with Crippen molar-refractivity contribution in [3.63, 3.8) is 0 Å². The maximum atomic E-state index is 11.9. The lowest BCUT2D eigenvalue weighted by Crippen LogP contribution is -2.39. The van der Waals surface area contributed by atoms with Gasteiger partial charge in [-0.2, -0.15) is 0 Å². The van der Waals surface area contributed by atoms with Gasteiger partial charge in [0, 0.05) is 6.04 Å². The Morgan fingerprint density at radius 1 is 1.13 bits per heavy atom. The van der Waals surface area contributed by atoms with Gasteiger partial charge in [-0.05, 0) is 18.8 Å². The van der Waals surface area contributed by atoms with Gasteiger partial charge in [0.1, 0.15) is 0 Å². The van der Waals surface area contributed by atoms with Crippen molar-refractivity contribution < 1.29 is 8.42 Å². The maximum absolute atomic E-state index is 11.9. The Balaban J connectivity index is 4.52. The molecule has 0 fully saturated rings. The molecule has 0 spiro atoms. The predicted molar refractivity (Wildman–Crippen MR) is 65.5 cm³/mol. The van der Waals surface area contributed by atoms with E-state index >= 15 is 0 Å². The average Bonchev–Trinajstić information content (AvgIpc) is 2.14. The summed E-state index contributed by atoms with van der Waals surface area (Å²) in [6.45, 7) is 9.65. The average molecular weight is 235 g/mol. The van der Waals surface area contributed by atoms with E-state index in [-0.39, 0.29) is 28.9 Å². The summed E-state index contributed by atoms with van der Waals surface area (Å²) in [6.07, 6.45) is 0.923. The van der Waals surface area contributed by atoms with Crippen LogP contribution in [-0.2, 0) is 9.84 Å². The molecule has 0 aromatic rings. The van der Waals surface area contributed by atoms with Crippen LogP contribution < -0.4 is 5.73 Å². The minimum atomic E-state index is -3.04. The second kappa shape index (κ2) is 5.85. The molecule has 0 radical (unpaired) electrons. The van der Waals surface area contributed by atoms with Gasteiger partial charge in [0.2, 0.25) is 0 Å². The molecule has 0 rings (SSSR count). The van der Waals surface area contributed by atoms with E-state index in [4.69, 9.17) is 5.73 Å². The summed E-state index contributed by atoms with van der Waals surface area (Å²) >= 11 is 0. The third kappa shape index (κ3) is 4.51. The van der Waals surface area contributed by atoms with E-state index < -0.39 is 9.84 Å². The molecule has 4 heteroatoms. The van der Waals surface area contributed by atoms with E-state index in [0.29, 0.717) is 0 Å². The van der Waals surface area contributed by atoms with Gasteiger partial charge in [0.15, 0.2) is 9.84 Å². The Hall–Kier alpha value is -0.0900. The first-order chi connectivity index (χ1) is 6.72. The Morgan fingerprint density at radius 3 is 1.93 bits per heavy atom. The van der Waals surface area contributed by atoms with Gasteiger partial charge < -0.3 is 5.73 Å². The molecule has 0 heterocycles. The molecule has 3 nitrogen and oxygen atoms in total. The molecular weight excluding hydrogens is 210 g/mol. The highest BCUT2D eigenvalue weighted by Gasteiger charge is 2.27. The Kier molecular flexibility index (Phi) is 5.81. The number of hydrogen-bond acceptors (Lipinski definition) is 3. The van der Waals surface area contributed by atoms with Crippen molar-refractivity contribution in [3.05, 3.63) is 0 Å². The third-order valence-electron chi connectivity index (χ3n) is 3.30. The first-order valence-corrected chi connectivity index (χ1v) is 7.41. The molecule has 0 aliphatic rings. The normalized spacial score (nSPS) is 18.9. The molecule has 92 valence electrons. The zero-order chi connectivity index (χ0) is 12.2. The van der Waals surface area contributed by atoms with Crippen LogP contribution in [0.4, 0.5) is 0 Å².